The van der Waals surface area contributed by atoms with Crippen molar-refractivity contribution in [2.45, 2.75) is 13.3 Å². The van der Waals surface area contributed by atoms with E-state index in [1.165, 1.54) is 0 Å². The van der Waals surface area contributed by atoms with E-state index in [0.717, 1.165) is 13.0 Å². The van der Waals surface area contributed by atoms with Crippen LogP contribution in [0.25, 0.3) is 0 Å². The summed E-state index contributed by atoms with van der Waals surface area (Å²) in [6.45, 7) is 3.79. The van der Waals surface area contributed by atoms with Gasteiger partial charge in [-0.2, -0.15) is 0 Å². The summed E-state index contributed by atoms with van der Waals surface area (Å²) in [5, 5.41) is 0.504. The standard InChI is InChI=1S/C12H16ClNO2S/c1-2-6-15-7-8-16-10-5-3-4-9(13)11(10)12(14)17/h3-5H,2,6-8H2,1H3,(H2,14,17). The maximum atomic E-state index is 6.01. The first-order valence-corrected chi connectivity index (χ1v) is 6.24. The van der Waals surface area contributed by atoms with Crippen LogP contribution < -0.4 is 10.5 Å². The Bertz CT molecular complexity index is 385. The van der Waals surface area contributed by atoms with Crippen molar-refractivity contribution in [3.05, 3.63) is 28.8 Å². The molecule has 0 bridgehead atoms. The number of thiocarbonyl (C=S) groups is 1. The second kappa shape index (κ2) is 7.48. The lowest BCUT2D eigenvalue weighted by atomic mass is 10.2. The van der Waals surface area contributed by atoms with Gasteiger partial charge in [0.1, 0.15) is 17.3 Å². The molecule has 2 N–H and O–H groups in total. The highest BCUT2D eigenvalue weighted by Gasteiger charge is 2.10. The van der Waals surface area contributed by atoms with E-state index in [1.54, 1.807) is 18.2 Å². The number of rotatable bonds is 7. The summed E-state index contributed by atoms with van der Waals surface area (Å²) in [5.41, 5.74) is 6.19. The van der Waals surface area contributed by atoms with Crippen LogP contribution in [0.15, 0.2) is 18.2 Å². The van der Waals surface area contributed by atoms with Gasteiger partial charge in [0.15, 0.2) is 0 Å². The van der Waals surface area contributed by atoms with E-state index >= 15 is 0 Å². The number of hydrogen-bond acceptors (Lipinski definition) is 3. The number of nitrogens with two attached hydrogens (primary N) is 1. The zero-order chi connectivity index (χ0) is 12.7. The third-order valence-corrected chi connectivity index (χ3v) is 2.57. The quantitative estimate of drug-likeness (QED) is 0.613. The van der Waals surface area contributed by atoms with Crippen LogP contribution in [0.5, 0.6) is 5.75 Å². The summed E-state index contributed by atoms with van der Waals surface area (Å²) >= 11 is 10.9. The second-order valence-corrected chi connectivity index (χ2v) is 4.29. The molecule has 0 radical (unpaired) electrons. The number of halogens is 1. The van der Waals surface area contributed by atoms with Crippen LogP contribution in [-0.2, 0) is 4.74 Å². The van der Waals surface area contributed by atoms with E-state index in [-0.39, 0.29) is 4.99 Å². The van der Waals surface area contributed by atoms with Crippen LogP contribution in [0.4, 0.5) is 0 Å². The average Bonchev–Trinajstić information content (AvgIpc) is 2.28. The summed E-state index contributed by atoms with van der Waals surface area (Å²) in [7, 11) is 0. The lowest BCUT2D eigenvalue weighted by molar-refractivity contribution is 0.101. The maximum absolute atomic E-state index is 6.01. The molecule has 0 amide bonds. The van der Waals surface area contributed by atoms with Crippen molar-refractivity contribution < 1.29 is 9.47 Å². The zero-order valence-electron chi connectivity index (χ0n) is 9.74. The van der Waals surface area contributed by atoms with Crippen molar-refractivity contribution in [2.24, 2.45) is 5.73 Å². The molecule has 0 saturated carbocycles. The van der Waals surface area contributed by atoms with Crippen molar-refractivity contribution in [1.82, 2.24) is 0 Å². The highest BCUT2D eigenvalue weighted by molar-refractivity contribution is 7.80. The molecule has 0 fully saturated rings. The SMILES string of the molecule is CCCOCCOc1cccc(Cl)c1C(N)=S. The predicted molar refractivity (Wildman–Crippen MR) is 73.9 cm³/mol. The molecular weight excluding hydrogens is 258 g/mol. The average molecular weight is 274 g/mol. The molecule has 94 valence electrons. The monoisotopic (exact) mass is 273 g/mol. The first kappa shape index (κ1) is 14.2. The lowest BCUT2D eigenvalue weighted by Gasteiger charge is -2.11. The molecule has 0 aliphatic carbocycles. The zero-order valence-corrected chi connectivity index (χ0v) is 11.3. The molecule has 5 heteroatoms. The van der Waals surface area contributed by atoms with Gasteiger partial charge in [-0.1, -0.05) is 36.8 Å². The Labute approximate surface area is 112 Å². The summed E-state index contributed by atoms with van der Waals surface area (Å²) < 4.78 is 10.9. The largest absolute Gasteiger partial charge is 0.490 e. The summed E-state index contributed by atoms with van der Waals surface area (Å²) in [5.74, 6) is 0.602. The molecule has 1 aromatic rings. The molecule has 0 aliphatic rings. The molecule has 0 atom stereocenters. The Kier molecular flexibility index (Phi) is 6.26. The van der Waals surface area contributed by atoms with Gasteiger partial charge in [0.25, 0.3) is 0 Å². The van der Waals surface area contributed by atoms with Gasteiger partial charge in [0.2, 0.25) is 0 Å². The molecule has 0 spiro atoms. The minimum Gasteiger partial charge on any atom is -0.490 e. The van der Waals surface area contributed by atoms with Crippen LogP contribution >= 0.6 is 23.8 Å². The number of benzene rings is 1. The Morgan fingerprint density at radius 2 is 2.12 bits per heavy atom. The maximum Gasteiger partial charge on any atom is 0.131 e. The van der Waals surface area contributed by atoms with Gasteiger partial charge < -0.3 is 15.2 Å². The highest BCUT2D eigenvalue weighted by atomic mass is 35.5. The van der Waals surface area contributed by atoms with Crippen LogP contribution in [0, 0.1) is 0 Å². The molecule has 0 aromatic heterocycles. The second-order valence-electron chi connectivity index (χ2n) is 3.44. The lowest BCUT2D eigenvalue weighted by Crippen LogP contribution is -2.14. The molecular formula is C12H16ClNO2S. The van der Waals surface area contributed by atoms with Crippen molar-refractivity contribution in [2.75, 3.05) is 19.8 Å². The molecule has 0 aliphatic heterocycles. The van der Waals surface area contributed by atoms with E-state index in [1.807, 2.05) is 0 Å². The van der Waals surface area contributed by atoms with E-state index in [4.69, 9.17) is 39.0 Å². The fourth-order valence-electron chi connectivity index (χ4n) is 1.32. The molecule has 1 aromatic carbocycles. The Balaban J connectivity index is 2.58. The third-order valence-electron chi connectivity index (χ3n) is 2.06. The van der Waals surface area contributed by atoms with Crippen molar-refractivity contribution in [1.29, 1.82) is 0 Å². The first-order valence-electron chi connectivity index (χ1n) is 5.45. The van der Waals surface area contributed by atoms with Gasteiger partial charge in [-0.25, -0.2) is 0 Å². The van der Waals surface area contributed by atoms with E-state index in [9.17, 15) is 0 Å². The van der Waals surface area contributed by atoms with Gasteiger partial charge in [0, 0.05) is 6.61 Å². The minimum absolute atomic E-state index is 0.236. The normalized spacial score (nSPS) is 10.2. The van der Waals surface area contributed by atoms with Crippen LogP contribution in [-0.4, -0.2) is 24.8 Å². The van der Waals surface area contributed by atoms with Crippen molar-refractivity contribution in [3.8, 4) is 5.75 Å². The van der Waals surface area contributed by atoms with E-state index in [2.05, 4.69) is 6.92 Å². The van der Waals surface area contributed by atoms with Gasteiger partial charge in [-0.3, -0.25) is 0 Å². The summed E-state index contributed by atoms with van der Waals surface area (Å²) in [4.78, 5) is 0.236. The van der Waals surface area contributed by atoms with Crippen LogP contribution in [0.2, 0.25) is 5.02 Å². The molecule has 0 heterocycles. The highest BCUT2D eigenvalue weighted by Crippen LogP contribution is 2.26. The minimum atomic E-state index is 0.236. The number of hydrogen-bond donors (Lipinski definition) is 1. The third kappa shape index (κ3) is 4.50. The Morgan fingerprint density at radius 3 is 2.76 bits per heavy atom. The Morgan fingerprint density at radius 1 is 1.35 bits per heavy atom. The van der Waals surface area contributed by atoms with Gasteiger partial charge in [-0.05, 0) is 18.6 Å². The fraction of sp³-hybridized carbons (Fsp3) is 0.417. The smallest absolute Gasteiger partial charge is 0.131 e. The van der Waals surface area contributed by atoms with Crippen LogP contribution in [0.3, 0.4) is 0 Å². The molecule has 1 rings (SSSR count). The fourth-order valence-corrected chi connectivity index (χ4v) is 1.85. The molecule has 17 heavy (non-hydrogen) atoms. The number of ether oxygens (including phenoxy) is 2. The predicted octanol–water partition coefficient (Wildman–Crippen LogP) is 2.78. The van der Waals surface area contributed by atoms with Crippen LogP contribution in [0.1, 0.15) is 18.9 Å². The van der Waals surface area contributed by atoms with Crippen molar-refractivity contribution in [3.63, 3.8) is 0 Å². The molecule has 3 nitrogen and oxygen atoms in total. The molecule has 0 unspecified atom stereocenters. The van der Waals surface area contributed by atoms with E-state index in [0.29, 0.717) is 29.5 Å². The first-order chi connectivity index (χ1) is 8.16. The van der Waals surface area contributed by atoms with Crippen molar-refractivity contribution >= 4 is 28.8 Å². The van der Waals surface area contributed by atoms with E-state index < -0.39 is 0 Å². The molecule has 0 saturated heterocycles. The Hall–Kier alpha value is -0.840. The summed E-state index contributed by atoms with van der Waals surface area (Å²) in [6, 6.07) is 5.32. The topological polar surface area (TPSA) is 44.5 Å². The van der Waals surface area contributed by atoms with Gasteiger partial charge in [0.05, 0.1) is 17.2 Å². The summed E-state index contributed by atoms with van der Waals surface area (Å²) in [6.07, 6.45) is 0.995. The van der Waals surface area contributed by atoms with Gasteiger partial charge in [-0.15, -0.1) is 0 Å². The van der Waals surface area contributed by atoms with Gasteiger partial charge >= 0.3 is 0 Å².